The fraction of sp³-hybridized carbons (Fsp3) is 0.125. The highest BCUT2D eigenvalue weighted by Gasteiger charge is 2.10. The molecule has 0 unspecified atom stereocenters. The zero-order valence-electron chi connectivity index (χ0n) is 18.0. The summed E-state index contributed by atoms with van der Waals surface area (Å²) in [5.74, 6) is 0.0931. The summed E-state index contributed by atoms with van der Waals surface area (Å²) < 4.78 is 11.6. The number of carbonyl (C=O) groups is 2. The molecule has 9 heteroatoms. The van der Waals surface area contributed by atoms with Crippen LogP contribution in [-0.2, 0) is 4.79 Å². The van der Waals surface area contributed by atoms with Gasteiger partial charge in [-0.1, -0.05) is 18.2 Å². The molecule has 0 atom stereocenters. The molecule has 0 aliphatic rings. The Morgan fingerprint density at radius 1 is 1.09 bits per heavy atom. The molecule has 0 heterocycles. The predicted molar refractivity (Wildman–Crippen MR) is 134 cm³/mol. The van der Waals surface area contributed by atoms with Gasteiger partial charge in [0.25, 0.3) is 11.8 Å². The van der Waals surface area contributed by atoms with Gasteiger partial charge in [0.05, 0.1) is 16.9 Å². The SMILES string of the molecule is COc1cc(/C=N\NC(=O)c2ccc(I)c(O)c2)ccc1OCC(=O)Nc1ccccc1C. The van der Waals surface area contributed by atoms with E-state index in [0.29, 0.717) is 20.6 Å². The van der Waals surface area contributed by atoms with E-state index in [1.807, 2.05) is 53.8 Å². The first kappa shape index (κ1) is 24.1. The summed E-state index contributed by atoms with van der Waals surface area (Å²) in [6.07, 6.45) is 1.45. The van der Waals surface area contributed by atoms with Gasteiger partial charge >= 0.3 is 0 Å². The number of nitrogens with zero attached hydrogens (tertiary/aromatic N) is 1. The van der Waals surface area contributed by atoms with Gasteiger partial charge in [-0.05, 0) is 83.1 Å². The van der Waals surface area contributed by atoms with Gasteiger partial charge < -0.3 is 19.9 Å². The summed E-state index contributed by atoms with van der Waals surface area (Å²) in [4.78, 5) is 24.4. The smallest absolute Gasteiger partial charge is 0.271 e. The third kappa shape index (κ3) is 6.69. The van der Waals surface area contributed by atoms with E-state index in [2.05, 4.69) is 15.8 Å². The third-order valence-electron chi connectivity index (χ3n) is 4.55. The lowest BCUT2D eigenvalue weighted by Crippen LogP contribution is -2.20. The second kappa shape index (κ2) is 11.3. The number of aryl methyl sites for hydroxylation is 1. The fourth-order valence-corrected chi connectivity index (χ4v) is 3.15. The van der Waals surface area contributed by atoms with Crippen molar-refractivity contribution < 1.29 is 24.2 Å². The molecule has 0 aliphatic heterocycles. The van der Waals surface area contributed by atoms with Crippen molar-refractivity contribution in [3.8, 4) is 17.2 Å². The number of halogens is 1. The quantitative estimate of drug-likeness (QED) is 0.219. The van der Waals surface area contributed by atoms with Gasteiger partial charge in [-0.2, -0.15) is 5.10 Å². The van der Waals surface area contributed by atoms with Gasteiger partial charge in [0.15, 0.2) is 18.1 Å². The van der Waals surface area contributed by atoms with Gasteiger partial charge in [-0.15, -0.1) is 0 Å². The van der Waals surface area contributed by atoms with Crippen LogP contribution in [0.15, 0.2) is 65.8 Å². The fourth-order valence-electron chi connectivity index (χ4n) is 2.81. The Morgan fingerprint density at radius 2 is 1.88 bits per heavy atom. The minimum atomic E-state index is -0.454. The van der Waals surface area contributed by atoms with E-state index >= 15 is 0 Å². The number of anilines is 1. The number of nitrogens with one attached hydrogen (secondary N) is 2. The summed E-state index contributed by atoms with van der Waals surface area (Å²) in [5.41, 5.74) is 5.03. The van der Waals surface area contributed by atoms with E-state index in [-0.39, 0.29) is 23.8 Å². The molecule has 8 nitrogen and oxygen atoms in total. The Labute approximate surface area is 204 Å². The average Bonchev–Trinajstić information content (AvgIpc) is 2.81. The van der Waals surface area contributed by atoms with Gasteiger partial charge in [-0.25, -0.2) is 5.43 Å². The first-order chi connectivity index (χ1) is 15.9. The Hall–Kier alpha value is -3.60. The molecular weight excluding hydrogens is 537 g/mol. The Bertz CT molecular complexity index is 1200. The highest BCUT2D eigenvalue weighted by molar-refractivity contribution is 14.1. The van der Waals surface area contributed by atoms with Crippen molar-refractivity contribution in [3.05, 3.63) is 80.9 Å². The number of aromatic hydroxyl groups is 1. The second-order valence-electron chi connectivity index (χ2n) is 6.93. The molecule has 0 spiro atoms. The summed E-state index contributed by atoms with van der Waals surface area (Å²) in [6, 6.07) is 17.1. The topological polar surface area (TPSA) is 109 Å². The maximum absolute atomic E-state index is 12.2. The standard InChI is InChI=1S/C24H22IN3O5/c1-15-5-3-4-6-19(15)27-23(30)14-33-21-10-7-16(11-22(21)32-2)13-26-28-24(31)17-8-9-18(25)20(29)12-17/h3-13,29H,14H2,1-2H3,(H,27,30)(H,28,31)/b26-13-. The maximum Gasteiger partial charge on any atom is 0.271 e. The van der Waals surface area contributed by atoms with E-state index in [0.717, 1.165) is 11.3 Å². The van der Waals surface area contributed by atoms with Crippen LogP contribution in [0.4, 0.5) is 5.69 Å². The van der Waals surface area contributed by atoms with Gasteiger partial charge in [0.2, 0.25) is 0 Å². The van der Waals surface area contributed by atoms with Crippen molar-refractivity contribution in [2.24, 2.45) is 5.10 Å². The molecule has 3 rings (SSSR count). The number of methoxy groups -OCH3 is 1. The zero-order chi connectivity index (χ0) is 23.8. The number of ether oxygens (including phenoxy) is 2. The van der Waals surface area contributed by atoms with Crippen LogP contribution in [0.2, 0.25) is 0 Å². The molecular formula is C24H22IN3O5. The number of benzene rings is 3. The summed E-state index contributed by atoms with van der Waals surface area (Å²) in [5, 5.41) is 16.5. The van der Waals surface area contributed by atoms with Gasteiger partial charge in [0, 0.05) is 11.3 Å². The molecule has 0 fully saturated rings. The summed E-state index contributed by atoms with van der Waals surface area (Å²) in [7, 11) is 1.49. The average molecular weight is 559 g/mol. The van der Waals surface area contributed by atoms with E-state index in [4.69, 9.17) is 9.47 Å². The normalized spacial score (nSPS) is 10.6. The first-order valence-corrected chi connectivity index (χ1v) is 10.9. The van der Waals surface area contributed by atoms with Crippen molar-refractivity contribution in [2.45, 2.75) is 6.92 Å². The molecule has 0 aromatic heterocycles. The van der Waals surface area contributed by atoms with Gasteiger partial charge in [0.1, 0.15) is 5.75 Å². The summed E-state index contributed by atoms with van der Waals surface area (Å²) >= 11 is 1.97. The van der Waals surface area contributed by atoms with Crippen LogP contribution in [0.5, 0.6) is 17.2 Å². The van der Waals surface area contributed by atoms with Crippen molar-refractivity contribution >= 4 is 46.3 Å². The van der Waals surface area contributed by atoms with Crippen LogP contribution in [0, 0.1) is 10.5 Å². The highest BCUT2D eigenvalue weighted by atomic mass is 127. The van der Waals surface area contributed by atoms with Crippen LogP contribution >= 0.6 is 22.6 Å². The lowest BCUT2D eigenvalue weighted by Gasteiger charge is -2.12. The highest BCUT2D eigenvalue weighted by Crippen LogP contribution is 2.27. The first-order valence-electron chi connectivity index (χ1n) is 9.85. The largest absolute Gasteiger partial charge is 0.507 e. The molecule has 170 valence electrons. The minimum absolute atomic E-state index is 0.0279. The molecule has 0 saturated heterocycles. The number of hydrogen-bond acceptors (Lipinski definition) is 6. The number of phenolic OH excluding ortho intramolecular Hbond substituents is 1. The Kier molecular flexibility index (Phi) is 8.25. The van der Waals surface area contributed by atoms with Crippen LogP contribution in [0.3, 0.4) is 0 Å². The number of hydrogen-bond donors (Lipinski definition) is 3. The molecule has 3 aromatic carbocycles. The number of rotatable bonds is 8. The van der Waals surface area contributed by atoms with Crippen LogP contribution in [0.1, 0.15) is 21.5 Å². The number of phenols is 1. The lowest BCUT2D eigenvalue weighted by molar-refractivity contribution is -0.118. The molecule has 0 radical (unpaired) electrons. The molecule has 0 aliphatic carbocycles. The molecule has 0 bridgehead atoms. The monoisotopic (exact) mass is 559 g/mol. The van der Waals surface area contributed by atoms with Crippen LogP contribution < -0.4 is 20.2 Å². The van der Waals surface area contributed by atoms with Crippen molar-refractivity contribution in [1.29, 1.82) is 0 Å². The van der Waals surface area contributed by atoms with E-state index in [1.165, 1.54) is 19.4 Å². The minimum Gasteiger partial charge on any atom is -0.507 e. The van der Waals surface area contributed by atoms with Crippen molar-refractivity contribution in [1.82, 2.24) is 5.43 Å². The van der Waals surface area contributed by atoms with Crippen LogP contribution in [0.25, 0.3) is 0 Å². The molecule has 3 aromatic rings. The third-order valence-corrected chi connectivity index (χ3v) is 5.47. The zero-order valence-corrected chi connectivity index (χ0v) is 20.1. The molecule has 3 N–H and O–H groups in total. The molecule has 2 amide bonds. The number of hydrazone groups is 1. The van der Waals surface area contributed by atoms with E-state index in [9.17, 15) is 14.7 Å². The van der Waals surface area contributed by atoms with Gasteiger partial charge in [-0.3, -0.25) is 9.59 Å². The summed E-state index contributed by atoms with van der Waals surface area (Å²) in [6.45, 7) is 1.73. The molecule has 33 heavy (non-hydrogen) atoms. The maximum atomic E-state index is 12.2. The second-order valence-corrected chi connectivity index (χ2v) is 8.09. The Balaban J connectivity index is 1.58. The number of carbonyl (C=O) groups excluding carboxylic acids is 2. The predicted octanol–water partition coefficient (Wildman–Crippen LogP) is 4.10. The number of para-hydroxylation sites is 1. The lowest BCUT2D eigenvalue weighted by atomic mass is 10.2. The van der Waals surface area contributed by atoms with Crippen molar-refractivity contribution in [3.63, 3.8) is 0 Å². The van der Waals surface area contributed by atoms with E-state index in [1.54, 1.807) is 30.3 Å². The van der Waals surface area contributed by atoms with Crippen LogP contribution in [-0.4, -0.2) is 36.9 Å². The Morgan fingerprint density at radius 3 is 2.61 bits per heavy atom. The molecule has 0 saturated carbocycles. The number of amides is 2. The van der Waals surface area contributed by atoms with Crippen molar-refractivity contribution in [2.75, 3.05) is 19.0 Å². The van der Waals surface area contributed by atoms with E-state index < -0.39 is 5.91 Å².